The maximum absolute atomic E-state index is 12.7. The van der Waals surface area contributed by atoms with Crippen LogP contribution in [-0.2, 0) is 14.4 Å². The first-order chi connectivity index (χ1) is 10.8. The van der Waals surface area contributed by atoms with E-state index in [1.54, 1.807) is 13.8 Å². The van der Waals surface area contributed by atoms with Crippen molar-refractivity contribution in [1.29, 1.82) is 0 Å². The molecular formula is C16H18N2O4S. The number of ketones is 1. The van der Waals surface area contributed by atoms with E-state index >= 15 is 0 Å². The number of fused-ring (bicyclic) bond motifs is 1. The molecule has 0 unspecified atom stereocenters. The van der Waals surface area contributed by atoms with E-state index in [2.05, 4.69) is 0 Å². The summed E-state index contributed by atoms with van der Waals surface area (Å²) in [6.07, 6.45) is 0. The molecule has 2 heterocycles. The molecule has 3 atom stereocenters. The number of amides is 1. The Balaban J connectivity index is 2.08. The van der Waals surface area contributed by atoms with Gasteiger partial charge in [0, 0.05) is 0 Å². The maximum atomic E-state index is 12.7. The average molecular weight is 334 g/mol. The van der Waals surface area contributed by atoms with Crippen LogP contribution in [0.25, 0.3) is 0 Å². The molecule has 2 saturated heterocycles. The second-order valence-electron chi connectivity index (χ2n) is 6.26. The number of thioether (sulfide) groups is 1. The summed E-state index contributed by atoms with van der Waals surface area (Å²) in [6.45, 7) is 2.96. The van der Waals surface area contributed by atoms with E-state index in [-0.39, 0.29) is 11.3 Å². The summed E-state index contributed by atoms with van der Waals surface area (Å²) >= 11 is 1.35. The number of β-lactam (4-membered cyclic amide) rings is 1. The third-order valence-corrected chi connectivity index (χ3v) is 6.36. The van der Waals surface area contributed by atoms with Gasteiger partial charge in [0.05, 0.1) is 22.6 Å². The molecule has 0 aliphatic carbocycles. The SMILES string of the molecule is CC1(C)S[C@@H]2[C@H](c3ccccc3)C(=O)N2[C@]1(C(=O)O)C(=O)CN. The third-order valence-electron chi connectivity index (χ3n) is 4.75. The van der Waals surface area contributed by atoms with Crippen molar-refractivity contribution in [3.05, 3.63) is 35.9 Å². The molecule has 1 amide bonds. The van der Waals surface area contributed by atoms with Crippen LogP contribution in [-0.4, -0.2) is 49.9 Å². The van der Waals surface area contributed by atoms with Crippen LogP contribution >= 0.6 is 11.8 Å². The molecule has 0 saturated carbocycles. The molecule has 7 heteroatoms. The van der Waals surface area contributed by atoms with Crippen molar-refractivity contribution in [2.45, 2.75) is 35.4 Å². The number of hydrogen-bond donors (Lipinski definition) is 2. The summed E-state index contributed by atoms with van der Waals surface area (Å²) in [4.78, 5) is 38.5. The Morgan fingerprint density at radius 2 is 1.91 bits per heavy atom. The average Bonchev–Trinajstić information content (AvgIpc) is 2.72. The lowest BCUT2D eigenvalue weighted by Crippen LogP contribution is -2.73. The van der Waals surface area contributed by atoms with Crippen molar-refractivity contribution in [1.82, 2.24) is 4.90 Å². The number of rotatable bonds is 4. The normalized spacial score (nSPS) is 31.4. The molecule has 0 aromatic heterocycles. The van der Waals surface area contributed by atoms with Gasteiger partial charge in [-0.2, -0.15) is 0 Å². The van der Waals surface area contributed by atoms with Crippen LogP contribution in [0.5, 0.6) is 0 Å². The van der Waals surface area contributed by atoms with Gasteiger partial charge in [-0.05, 0) is 19.4 Å². The van der Waals surface area contributed by atoms with E-state index in [0.717, 1.165) is 5.56 Å². The van der Waals surface area contributed by atoms with Crippen LogP contribution in [0, 0.1) is 0 Å². The highest BCUT2D eigenvalue weighted by Gasteiger charge is 2.75. The van der Waals surface area contributed by atoms with E-state index in [1.807, 2.05) is 30.3 Å². The van der Waals surface area contributed by atoms with E-state index in [4.69, 9.17) is 5.73 Å². The topological polar surface area (TPSA) is 101 Å². The molecule has 122 valence electrons. The Kier molecular flexibility index (Phi) is 3.53. The predicted octanol–water partition coefficient (Wildman–Crippen LogP) is 0.815. The van der Waals surface area contributed by atoms with E-state index in [0.29, 0.717) is 0 Å². The Bertz CT molecular complexity index is 691. The first-order valence-corrected chi connectivity index (χ1v) is 8.19. The lowest BCUT2D eigenvalue weighted by atomic mass is 9.75. The number of benzene rings is 1. The molecule has 23 heavy (non-hydrogen) atoms. The molecule has 2 aliphatic heterocycles. The lowest BCUT2D eigenvalue weighted by Gasteiger charge is -2.49. The van der Waals surface area contributed by atoms with Gasteiger partial charge in [0.15, 0.2) is 5.78 Å². The Labute approximate surface area is 138 Å². The molecule has 0 spiro atoms. The highest BCUT2D eigenvalue weighted by Crippen LogP contribution is 2.61. The minimum Gasteiger partial charge on any atom is -0.479 e. The van der Waals surface area contributed by atoms with Crippen LogP contribution < -0.4 is 5.73 Å². The van der Waals surface area contributed by atoms with E-state index in [9.17, 15) is 19.5 Å². The number of carboxylic acid groups (broad SMARTS) is 1. The van der Waals surface area contributed by atoms with Gasteiger partial charge in [-0.3, -0.25) is 9.59 Å². The summed E-state index contributed by atoms with van der Waals surface area (Å²) < 4.78 is -0.959. The largest absolute Gasteiger partial charge is 0.479 e. The van der Waals surface area contributed by atoms with Crippen molar-refractivity contribution in [3.63, 3.8) is 0 Å². The molecule has 6 nitrogen and oxygen atoms in total. The standard InChI is InChI=1S/C16H18N2O4S/c1-15(2)16(14(21)22,10(19)8-17)18-12(20)11(13(18)23-15)9-6-4-3-5-7-9/h3-7,11,13H,8,17H2,1-2H3,(H,21,22)/t11-,13-,16+/m1/s1. The van der Waals surface area contributed by atoms with Crippen LogP contribution in [0.1, 0.15) is 25.3 Å². The van der Waals surface area contributed by atoms with Gasteiger partial charge in [0.2, 0.25) is 11.4 Å². The molecule has 2 fully saturated rings. The molecule has 3 N–H and O–H groups in total. The zero-order valence-corrected chi connectivity index (χ0v) is 13.7. The number of carbonyl (C=O) groups excluding carboxylic acids is 2. The van der Waals surface area contributed by atoms with Gasteiger partial charge in [-0.25, -0.2) is 4.79 Å². The van der Waals surface area contributed by atoms with Crippen LogP contribution in [0.4, 0.5) is 0 Å². The fourth-order valence-corrected chi connectivity index (χ4v) is 5.53. The fraction of sp³-hybridized carbons (Fsp3) is 0.438. The van der Waals surface area contributed by atoms with Gasteiger partial charge >= 0.3 is 5.97 Å². The van der Waals surface area contributed by atoms with Gasteiger partial charge in [0.1, 0.15) is 0 Å². The zero-order chi connectivity index (χ0) is 17.0. The zero-order valence-electron chi connectivity index (χ0n) is 12.9. The summed E-state index contributed by atoms with van der Waals surface area (Å²) in [5, 5.41) is 9.45. The second-order valence-corrected chi connectivity index (χ2v) is 8.00. The van der Waals surface area contributed by atoms with Crippen LogP contribution in [0.2, 0.25) is 0 Å². The Hall–Kier alpha value is -1.86. The summed E-state index contributed by atoms with van der Waals surface area (Å²) in [7, 11) is 0. The molecule has 3 rings (SSSR count). The van der Waals surface area contributed by atoms with Crippen LogP contribution in [0.15, 0.2) is 30.3 Å². The Morgan fingerprint density at radius 1 is 1.30 bits per heavy atom. The summed E-state index contributed by atoms with van der Waals surface area (Å²) in [5.41, 5.74) is 4.39. The number of nitrogens with zero attached hydrogens (tertiary/aromatic N) is 1. The number of carbonyl (C=O) groups is 3. The molecule has 2 aliphatic rings. The van der Waals surface area contributed by atoms with E-state index < -0.39 is 34.5 Å². The maximum Gasteiger partial charge on any atom is 0.339 e. The van der Waals surface area contributed by atoms with Crippen molar-refractivity contribution in [3.8, 4) is 0 Å². The van der Waals surface area contributed by atoms with Crippen molar-refractivity contribution >= 4 is 29.4 Å². The lowest BCUT2D eigenvalue weighted by molar-refractivity contribution is -0.174. The molecule has 1 aromatic carbocycles. The first kappa shape index (κ1) is 16.0. The monoisotopic (exact) mass is 334 g/mol. The first-order valence-electron chi connectivity index (χ1n) is 7.31. The van der Waals surface area contributed by atoms with Gasteiger partial charge in [0.25, 0.3) is 0 Å². The van der Waals surface area contributed by atoms with Gasteiger partial charge in [-0.15, -0.1) is 11.8 Å². The van der Waals surface area contributed by atoms with Crippen molar-refractivity contribution in [2.75, 3.05) is 6.54 Å². The van der Waals surface area contributed by atoms with E-state index in [1.165, 1.54) is 16.7 Å². The summed E-state index contributed by atoms with van der Waals surface area (Å²) in [6, 6.07) is 9.23. The number of nitrogens with two attached hydrogens (primary N) is 1. The second kappa shape index (κ2) is 5.07. The van der Waals surface area contributed by atoms with Gasteiger partial charge < -0.3 is 15.7 Å². The molecule has 0 bridgehead atoms. The molecular weight excluding hydrogens is 316 g/mol. The minimum absolute atomic E-state index is 0.330. The summed E-state index contributed by atoms with van der Waals surface area (Å²) in [5.74, 6) is -2.70. The quantitative estimate of drug-likeness (QED) is 0.624. The number of Topliss-reactive ketones (excluding diaryl/α,β-unsaturated/α-hetero) is 1. The van der Waals surface area contributed by atoms with Gasteiger partial charge in [-0.1, -0.05) is 30.3 Å². The Morgan fingerprint density at radius 3 is 2.43 bits per heavy atom. The predicted molar refractivity (Wildman–Crippen MR) is 85.9 cm³/mol. The molecule has 0 radical (unpaired) electrons. The third kappa shape index (κ3) is 1.83. The minimum atomic E-state index is -1.90. The molecule has 1 aromatic rings. The highest BCUT2D eigenvalue weighted by molar-refractivity contribution is 8.01. The number of hydrogen-bond acceptors (Lipinski definition) is 5. The smallest absolute Gasteiger partial charge is 0.339 e. The number of aliphatic carboxylic acids is 1. The van der Waals surface area contributed by atoms with Crippen molar-refractivity contribution in [2.24, 2.45) is 5.73 Å². The van der Waals surface area contributed by atoms with Crippen LogP contribution in [0.3, 0.4) is 0 Å². The fourth-order valence-electron chi connectivity index (χ4n) is 3.68. The van der Waals surface area contributed by atoms with Crippen molar-refractivity contribution < 1.29 is 19.5 Å². The highest BCUT2D eigenvalue weighted by atomic mass is 32.2. The number of carboxylic acids is 1.